The molecule has 84 valence electrons. The number of hydrogen-bond acceptors (Lipinski definition) is 4. The maximum atomic E-state index is 4.36. The lowest BCUT2D eigenvalue weighted by atomic mass is 10.3. The molecule has 1 N–H and O–H groups in total. The quantitative estimate of drug-likeness (QED) is 0.848. The van der Waals surface area contributed by atoms with Gasteiger partial charge in [-0.25, -0.2) is 9.97 Å². The van der Waals surface area contributed by atoms with Gasteiger partial charge in [0.25, 0.3) is 0 Å². The van der Waals surface area contributed by atoms with Crippen LogP contribution in [0.5, 0.6) is 0 Å². The number of nitrogens with one attached hydrogen (secondary N) is 1. The predicted molar refractivity (Wildman–Crippen MR) is 63.1 cm³/mol. The van der Waals surface area contributed by atoms with E-state index in [1.54, 1.807) is 18.6 Å². The van der Waals surface area contributed by atoms with Crippen molar-refractivity contribution in [1.82, 2.24) is 19.7 Å². The number of nitrogens with zero attached hydrogens (tertiary/aromatic N) is 4. The molecule has 2 aromatic heterocycles. The molecule has 0 amide bonds. The number of aryl methyl sites for hydroxylation is 1. The summed E-state index contributed by atoms with van der Waals surface area (Å²) in [5.41, 5.74) is 1.84. The van der Waals surface area contributed by atoms with E-state index in [9.17, 15) is 0 Å². The summed E-state index contributed by atoms with van der Waals surface area (Å²) in [6.07, 6.45) is 5.17. The van der Waals surface area contributed by atoms with E-state index in [1.807, 2.05) is 17.7 Å². The van der Waals surface area contributed by atoms with Gasteiger partial charge in [-0.2, -0.15) is 5.10 Å². The van der Waals surface area contributed by atoms with Crippen molar-refractivity contribution in [3.05, 3.63) is 24.7 Å². The highest BCUT2D eigenvalue weighted by atomic mass is 15.3. The van der Waals surface area contributed by atoms with E-state index in [4.69, 9.17) is 0 Å². The summed E-state index contributed by atoms with van der Waals surface area (Å²) >= 11 is 0. The second kappa shape index (κ2) is 4.74. The Morgan fingerprint density at radius 2 is 2.00 bits per heavy atom. The molecule has 5 heteroatoms. The zero-order chi connectivity index (χ0) is 11.4. The van der Waals surface area contributed by atoms with Crippen molar-refractivity contribution in [3.63, 3.8) is 0 Å². The van der Waals surface area contributed by atoms with Gasteiger partial charge in [-0.1, -0.05) is 0 Å². The third-order valence-electron chi connectivity index (χ3n) is 2.30. The van der Waals surface area contributed by atoms with Crippen LogP contribution in [0.25, 0.3) is 11.4 Å². The van der Waals surface area contributed by atoms with E-state index in [0.717, 1.165) is 30.3 Å². The van der Waals surface area contributed by atoms with Crippen LogP contribution in [0.1, 0.15) is 13.8 Å². The minimum absolute atomic E-state index is 0.806. The molecule has 5 nitrogen and oxygen atoms in total. The molecule has 0 aliphatic heterocycles. The van der Waals surface area contributed by atoms with Crippen LogP contribution >= 0.6 is 0 Å². The average molecular weight is 217 g/mol. The summed E-state index contributed by atoms with van der Waals surface area (Å²) in [5.74, 6) is 0.806. The number of rotatable bonds is 4. The molecule has 0 unspecified atom stereocenters. The highest BCUT2D eigenvalue weighted by Crippen LogP contribution is 2.22. The van der Waals surface area contributed by atoms with Crippen molar-refractivity contribution < 1.29 is 0 Å². The van der Waals surface area contributed by atoms with E-state index in [-0.39, 0.29) is 0 Å². The Morgan fingerprint density at radius 3 is 2.75 bits per heavy atom. The lowest BCUT2D eigenvalue weighted by Gasteiger charge is -2.09. The van der Waals surface area contributed by atoms with Crippen LogP contribution in [0, 0.1) is 0 Å². The smallest absolute Gasteiger partial charge is 0.154 e. The lowest BCUT2D eigenvalue weighted by Crippen LogP contribution is -2.06. The first kappa shape index (κ1) is 10.6. The summed E-state index contributed by atoms with van der Waals surface area (Å²) < 4.78 is 1.91. The van der Waals surface area contributed by atoms with Gasteiger partial charge in [0.2, 0.25) is 0 Å². The molecule has 0 saturated carbocycles. The summed E-state index contributed by atoms with van der Waals surface area (Å²) in [6.45, 7) is 5.74. The minimum Gasteiger partial charge on any atom is -0.368 e. The third kappa shape index (κ3) is 1.88. The standard InChI is InChI=1S/C11H15N5/c1-3-12-11-10(13-7-8-14-11)9-5-6-15-16(9)4-2/h5-8H,3-4H2,1-2H3,(H,12,14). The van der Waals surface area contributed by atoms with Crippen molar-refractivity contribution in [2.45, 2.75) is 20.4 Å². The SMILES string of the molecule is CCNc1nccnc1-c1ccnn1CC. The molecule has 2 heterocycles. The highest BCUT2D eigenvalue weighted by molar-refractivity contribution is 5.68. The molecule has 0 fully saturated rings. The molecule has 2 aromatic rings. The van der Waals surface area contributed by atoms with Crippen LogP contribution < -0.4 is 5.32 Å². The van der Waals surface area contributed by atoms with Crippen LogP contribution in [0.2, 0.25) is 0 Å². The molecule has 0 aliphatic carbocycles. The van der Waals surface area contributed by atoms with Crippen molar-refractivity contribution in [1.29, 1.82) is 0 Å². The van der Waals surface area contributed by atoms with Gasteiger partial charge >= 0.3 is 0 Å². The first-order chi connectivity index (χ1) is 7.86. The van der Waals surface area contributed by atoms with Gasteiger partial charge in [0.1, 0.15) is 5.69 Å². The average Bonchev–Trinajstić information content (AvgIpc) is 2.78. The first-order valence-electron chi connectivity index (χ1n) is 5.43. The highest BCUT2D eigenvalue weighted by Gasteiger charge is 2.10. The number of anilines is 1. The van der Waals surface area contributed by atoms with Gasteiger partial charge in [0, 0.05) is 31.7 Å². The lowest BCUT2D eigenvalue weighted by molar-refractivity contribution is 0.665. The molecule has 0 saturated heterocycles. The molecule has 0 atom stereocenters. The molecule has 0 radical (unpaired) electrons. The van der Waals surface area contributed by atoms with Gasteiger partial charge in [0.15, 0.2) is 5.82 Å². The van der Waals surface area contributed by atoms with E-state index in [0.29, 0.717) is 0 Å². The number of aromatic nitrogens is 4. The topological polar surface area (TPSA) is 55.6 Å². The maximum absolute atomic E-state index is 4.36. The number of hydrogen-bond donors (Lipinski definition) is 1. The molecule has 16 heavy (non-hydrogen) atoms. The second-order valence-electron chi connectivity index (χ2n) is 3.32. The predicted octanol–water partition coefficient (Wildman–Crippen LogP) is 1.79. The van der Waals surface area contributed by atoms with Crippen LogP contribution in [0.4, 0.5) is 5.82 Å². The molecule has 0 spiro atoms. The van der Waals surface area contributed by atoms with Gasteiger partial charge in [-0.15, -0.1) is 0 Å². The van der Waals surface area contributed by atoms with E-state index < -0.39 is 0 Å². The molecular formula is C11H15N5. The second-order valence-corrected chi connectivity index (χ2v) is 3.32. The zero-order valence-corrected chi connectivity index (χ0v) is 9.51. The summed E-state index contributed by atoms with van der Waals surface area (Å²) in [5, 5.41) is 7.43. The Bertz CT molecular complexity index is 463. The maximum Gasteiger partial charge on any atom is 0.154 e. The van der Waals surface area contributed by atoms with Crippen molar-refractivity contribution in [2.75, 3.05) is 11.9 Å². The van der Waals surface area contributed by atoms with Crippen LogP contribution in [-0.4, -0.2) is 26.3 Å². The fourth-order valence-corrected chi connectivity index (χ4v) is 1.61. The monoisotopic (exact) mass is 217 g/mol. The molecular weight excluding hydrogens is 202 g/mol. The Hall–Kier alpha value is -1.91. The minimum atomic E-state index is 0.806. The molecule has 0 bridgehead atoms. The Balaban J connectivity index is 2.46. The Kier molecular flexibility index (Phi) is 3.14. The van der Waals surface area contributed by atoms with Crippen molar-refractivity contribution in [3.8, 4) is 11.4 Å². The fourth-order valence-electron chi connectivity index (χ4n) is 1.61. The van der Waals surface area contributed by atoms with Gasteiger partial charge in [-0.3, -0.25) is 4.68 Å². The third-order valence-corrected chi connectivity index (χ3v) is 2.30. The molecule has 0 aromatic carbocycles. The first-order valence-corrected chi connectivity index (χ1v) is 5.43. The largest absolute Gasteiger partial charge is 0.368 e. The van der Waals surface area contributed by atoms with Gasteiger partial charge in [-0.05, 0) is 19.9 Å². The van der Waals surface area contributed by atoms with E-state index >= 15 is 0 Å². The van der Waals surface area contributed by atoms with Gasteiger partial charge in [0.05, 0.1) is 5.69 Å². The van der Waals surface area contributed by atoms with Crippen molar-refractivity contribution in [2.24, 2.45) is 0 Å². The Labute approximate surface area is 94.5 Å². The summed E-state index contributed by atoms with van der Waals surface area (Å²) in [4.78, 5) is 8.65. The normalized spacial score (nSPS) is 10.4. The van der Waals surface area contributed by atoms with E-state index in [2.05, 4.69) is 27.3 Å². The Morgan fingerprint density at radius 1 is 1.19 bits per heavy atom. The molecule has 0 aliphatic rings. The summed E-state index contributed by atoms with van der Waals surface area (Å²) in [6, 6.07) is 1.95. The van der Waals surface area contributed by atoms with Crippen LogP contribution in [0.15, 0.2) is 24.7 Å². The summed E-state index contributed by atoms with van der Waals surface area (Å²) in [7, 11) is 0. The van der Waals surface area contributed by atoms with Gasteiger partial charge < -0.3 is 5.32 Å². The molecule has 2 rings (SSSR count). The van der Waals surface area contributed by atoms with Crippen LogP contribution in [-0.2, 0) is 6.54 Å². The zero-order valence-electron chi connectivity index (χ0n) is 9.51. The van der Waals surface area contributed by atoms with Crippen LogP contribution in [0.3, 0.4) is 0 Å². The fraction of sp³-hybridized carbons (Fsp3) is 0.364. The van der Waals surface area contributed by atoms with Crippen molar-refractivity contribution >= 4 is 5.82 Å². The van der Waals surface area contributed by atoms with E-state index in [1.165, 1.54) is 0 Å².